The van der Waals surface area contributed by atoms with E-state index in [1.165, 1.54) is 0 Å². The second-order valence-corrected chi connectivity index (χ2v) is 5.95. The third-order valence-electron chi connectivity index (χ3n) is 3.46. The molecule has 7 heteroatoms. The number of nitrogens with one attached hydrogen (secondary N) is 2. The first-order valence-corrected chi connectivity index (χ1v) is 8.56. The first kappa shape index (κ1) is 17.8. The summed E-state index contributed by atoms with van der Waals surface area (Å²) in [5, 5.41) is 16.9. The monoisotopic (exact) mass is 345 g/mol. The van der Waals surface area contributed by atoms with Crippen molar-refractivity contribution in [1.82, 2.24) is 10.6 Å². The molecule has 0 spiro atoms. The molecular formula is C17H19N3O3S. The lowest BCUT2D eigenvalue weighted by Crippen LogP contribution is -2.38. The Hall–Kier alpha value is -2.59. The van der Waals surface area contributed by atoms with Crippen LogP contribution in [-0.4, -0.2) is 31.7 Å². The van der Waals surface area contributed by atoms with Gasteiger partial charge in [-0.05, 0) is 29.3 Å². The summed E-state index contributed by atoms with van der Waals surface area (Å²) >= 11 is 1.56. The number of ether oxygens (including phenoxy) is 1. The van der Waals surface area contributed by atoms with Gasteiger partial charge in [0.25, 0.3) is 0 Å². The van der Waals surface area contributed by atoms with Gasteiger partial charge in [-0.15, -0.1) is 11.3 Å². The minimum atomic E-state index is -0.549. The van der Waals surface area contributed by atoms with Crippen LogP contribution in [0, 0.1) is 11.3 Å². The van der Waals surface area contributed by atoms with Crippen molar-refractivity contribution in [2.24, 2.45) is 0 Å². The number of hydrogen-bond acceptors (Lipinski definition) is 5. The zero-order valence-corrected chi connectivity index (χ0v) is 14.2. The first-order valence-electron chi connectivity index (χ1n) is 7.68. The molecule has 0 radical (unpaired) electrons. The van der Waals surface area contributed by atoms with Gasteiger partial charge >= 0.3 is 6.09 Å². The number of nitriles is 1. The Balaban J connectivity index is 2.20. The number of carbonyl (C=O) groups excluding carboxylic acids is 2. The highest BCUT2D eigenvalue weighted by Gasteiger charge is 2.24. The topological polar surface area (TPSA) is 91.2 Å². The van der Waals surface area contributed by atoms with Gasteiger partial charge in [-0.25, -0.2) is 4.79 Å². The minimum Gasteiger partial charge on any atom is -0.450 e. The zero-order valence-electron chi connectivity index (χ0n) is 13.4. The molecule has 0 aliphatic carbocycles. The van der Waals surface area contributed by atoms with Crippen molar-refractivity contribution in [3.05, 3.63) is 35.2 Å². The number of fused-ring (bicyclic) bond motifs is 1. The van der Waals surface area contributed by atoms with Gasteiger partial charge in [0, 0.05) is 17.8 Å². The Morgan fingerprint density at radius 3 is 2.88 bits per heavy atom. The van der Waals surface area contributed by atoms with Crippen LogP contribution in [0.3, 0.4) is 0 Å². The normalized spacial score (nSPS) is 11.5. The Labute approximate surface area is 144 Å². The summed E-state index contributed by atoms with van der Waals surface area (Å²) in [6.07, 6.45) is -0.305. The molecule has 0 aliphatic heterocycles. The van der Waals surface area contributed by atoms with Crippen molar-refractivity contribution >= 4 is 33.4 Å². The fourth-order valence-electron chi connectivity index (χ4n) is 2.34. The van der Waals surface area contributed by atoms with E-state index in [0.29, 0.717) is 0 Å². The highest BCUT2D eigenvalue weighted by molar-refractivity contribution is 7.17. The van der Waals surface area contributed by atoms with Crippen molar-refractivity contribution in [3.63, 3.8) is 0 Å². The van der Waals surface area contributed by atoms with Crippen LogP contribution in [0.25, 0.3) is 10.1 Å². The van der Waals surface area contributed by atoms with Crippen molar-refractivity contribution in [3.8, 4) is 6.07 Å². The molecule has 0 saturated carbocycles. The molecule has 1 heterocycles. The highest BCUT2D eigenvalue weighted by Crippen LogP contribution is 2.31. The third kappa shape index (κ3) is 4.46. The van der Waals surface area contributed by atoms with E-state index < -0.39 is 12.0 Å². The van der Waals surface area contributed by atoms with Gasteiger partial charge in [-0.2, -0.15) is 5.26 Å². The van der Waals surface area contributed by atoms with Crippen LogP contribution in [0.2, 0.25) is 0 Å². The molecule has 2 N–H and O–H groups in total. The largest absolute Gasteiger partial charge is 0.450 e. The summed E-state index contributed by atoms with van der Waals surface area (Å²) in [6.45, 7) is 2.41. The van der Waals surface area contributed by atoms with Crippen molar-refractivity contribution in [2.75, 3.05) is 19.7 Å². The molecule has 2 rings (SSSR count). The van der Waals surface area contributed by atoms with Gasteiger partial charge < -0.3 is 15.4 Å². The predicted octanol–water partition coefficient (Wildman–Crippen LogP) is 2.76. The molecule has 0 bridgehead atoms. The maximum atomic E-state index is 12.5. The van der Waals surface area contributed by atoms with Crippen LogP contribution < -0.4 is 10.6 Å². The maximum absolute atomic E-state index is 12.5. The van der Waals surface area contributed by atoms with E-state index in [9.17, 15) is 9.59 Å². The van der Waals surface area contributed by atoms with E-state index in [4.69, 9.17) is 10.00 Å². The number of thiophene rings is 1. The summed E-state index contributed by atoms with van der Waals surface area (Å²) in [5.74, 6) is -0.755. The summed E-state index contributed by atoms with van der Waals surface area (Å²) in [7, 11) is 0. The van der Waals surface area contributed by atoms with Crippen LogP contribution in [0.15, 0.2) is 29.6 Å². The lowest BCUT2D eigenvalue weighted by atomic mass is 9.97. The van der Waals surface area contributed by atoms with Crippen LogP contribution in [0.4, 0.5) is 4.79 Å². The Morgan fingerprint density at radius 2 is 2.12 bits per heavy atom. The average molecular weight is 345 g/mol. The van der Waals surface area contributed by atoms with E-state index in [1.807, 2.05) is 35.7 Å². The summed E-state index contributed by atoms with van der Waals surface area (Å²) < 4.78 is 5.94. The number of hydrogen-bond donors (Lipinski definition) is 2. The molecular weight excluding hydrogens is 326 g/mol. The molecule has 2 amide bonds. The molecule has 1 unspecified atom stereocenters. The molecule has 1 atom stereocenters. The fraction of sp³-hybridized carbons (Fsp3) is 0.353. The maximum Gasteiger partial charge on any atom is 0.407 e. The Bertz CT molecular complexity index is 751. The second-order valence-electron chi connectivity index (χ2n) is 5.04. The van der Waals surface area contributed by atoms with E-state index in [1.54, 1.807) is 18.3 Å². The lowest BCUT2D eigenvalue weighted by molar-refractivity contribution is -0.122. The standard InChI is InChI=1S/C17H19N3O3S/c1-2-23-17(22)20-10-13(16(21)19-9-5-8-18)14-11-24-15-7-4-3-6-12(14)15/h3-4,6-7,11,13H,2,5,9-10H2,1H3,(H,19,21)(H,20,22). The van der Waals surface area contributed by atoms with E-state index in [2.05, 4.69) is 10.6 Å². The number of amides is 2. The molecule has 0 saturated heterocycles. The second kappa shape index (κ2) is 8.89. The smallest absolute Gasteiger partial charge is 0.407 e. The number of benzene rings is 1. The molecule has 0 fully saturated rings. The summed E-state index contributed by atoms with van der Waals surface area (Å²) in [4.78, 5) is 24.1. The minimum absolute atomic E-state index is 0.137. The molecule has 0 aliphatic rings. The number of nitrogens with zero attached hydrogens (tertiary/aromatic N) is 1. The Kier molecular flexibility index (Phi) is 6.58. The van der Waals surface area contributed by atoms with Crippen molar-refractivity contribution in [1.29, 1.82) is 5.26 Å². The number of alkyl carbamates (subject to hydrolysis) is 1. The van der Waals surface area contributed by atoms with Gasteiger partial charge in [0.2, 0.25) is 5.91 Å². The molecule has 1 aromatic heterocycles. The third-order valence-corrected chi connectivity index (χ3v) is 4.45. The van der Waals surface area contributed by atoms with Crippen LogP contribution in [-0.2, 0) is 9.53 Å². The van der Waals surface area contributed by atoms with E-state index in [-0.39, 0.29) is 32.0 Å². The van der Waals surface area contributed by atoms with Gasteiger partial charge in [0.15, 0.2) is 0 Å². The van der Waals surface area contributed by atoms with Crippen LogP contribution in [0.1, 0.15) is 24.8 Å². The summed E-state index contributed by atoms with van der Waals surface area (Å²) in [6, 6.07) is 9.81. The lowest BCUT2D eigenvalue weighted by Gasteiger charge is -2.17. The SMILES string of the molecule is CCOC(=O)NCC(C(=O)NCCC#N)c1csc2ccccc12. The van der Waals surface area contributed by atoms with Crippen LogP contribution in [0.5, 0.6) is 0 Å². The molecule has 2 aromatic rings. The fourth-order valence-corrected chi connectivity index (χ4v) is 3.36. The molecule has 126 valence electrons. The number of carbonyl (C=O) groups is 2. The van der Waals surface area contributed by atoms with Crippen molar-refractivity contribution in [2.45, 2.75) is 19.3 Å². The van der Waals surface area contributed by atoms with Gasteiger partial charge in [-0.3, -0.25) is 4.79 Å². The molecule has 24 heavy (non-hydrogen) atoms. The van der Waals surface area contributed by atoms with Gasteiger partial charge in [-0.1, -0.05) is 18.2 Å². The van der Waals surface area contributed by atoms with Crippen LogP contribution >= 0.6 is 11.3 Å². The van der Waals surface area contributed by atoms with E-state index >= 15 is 0 Å². The van der Waals surface area contributed by atoms with E-state index in [0.717, 1.165) is 15.6 Å². The van der Waals surface area contributed by atoms with Gasteiger partial charge in [0.1, 0.15) is 0 Å². The Morgan fingerprint density at radius 1 is 1.33 bits per heavy atom. The first-order chi connectivity index (χ1) is 11.7. The van der Waals surface area contributed by atoms with Gasteiger partial charge in [0.05, 0.1) is 25.0 Å². The predicted molar refractivity (Wildman–Crippen MR) is 92.8 cm³/mol. The quantitative estimate of drug-likeness (QED) is 0.755. The molecule has 1 aromatic carbocycles. The number of rotatable bonds is 7. The van der Waals surface area contributed by atoms with Crippen molar-refractivity contribution < 1.29 is 14.3 Å². The summed E-state index contributed by atoms with van der Waals surface area (Å²) in [5.41, 5.74) is 0.863. The highest BCUT2D eigenvalue weighted by atomic mass is 32.1. The molecule has 6 nitrogen and oxygen atoms in total. The average Bonchev–Trinajstić information content (AvgIpc) is 3.00. The zero-order chi connectivity index (χ0) is 17.4.